The predicted octanol–water partition coefficient (Wildman–Crippen LogP) is -0.677. The molecule has 0 bridgehead atoms. The van der Waals surface area contributed by atoms with Gasteiger partial charge in [-0.3, -0.25) is 4.79 Å². The molecule has 2 heterocycles. The highest BCUT2D eigenvalue weighted by molar-refractivity contribution is 5.73. The van der Waals surface area contributed by atoms with Crippen LogP contribution in [0.4, 0.5) is 0 Å². The number of nitrogens with zero attached hydrogens (tertiary/aromatic N) is 2. The summed E-state index contributed by atoms with van der Waals surface area (Å²) in [6.07, 6.45) is 0.920. The Bertz CT molecular complexity index is 369. The Morgan fingerprint density at radius 1 is 1.71 bits per heavy atom. The van der Waals surface area contributed by atoms with Gasteiger partial charge in [0.25, 0.3) is 0 Å². The molecule has 5 nitrogen and oxygen atoms in total. The second-order valence-corrected chi connectivity index (χ2v) is 3.53. The maximum Gasteiger partial charge on any atom is 0.237 e. The fourth-order valence-corrected chi connectivity index (χ4v) is 1.87. The largest absolute Gasteiger partial charge is 0.368 e. The molecular weight excluding hydrogens is 180 g/mol. The van der Waals surface area contributed by atoms with E-state index in [0.29, 0.717) is 0 Å². The van der Waals surface area contributed by atoms with Crippen molar-refractivity contribution in [2.45, 2.75) is 26.4 Å². The van der Waals surface area contributed by atoms with Gasteiger partial charge in [-0.15, -0.1) is 0 Å². The molecule has 5 heteroatoms. The summed E-state index contributed by atoms with van der Waals surface area (Å²) in [5, 5.41) is 3.24. The number of nitrogens with one attached hydrogen (secondary N) is 1. The summed E-state index contributed by atoms with van der Waals surface area (Å²) >= 11 is 0. The number of carbonyl (C=O) groups excluding carboxylic acids is 1. The number of aromatic nitrogens is 2. The molecule has 0 atom stereocenters. The SMILES string of the molecule is Cc1nc2c(n1CC(N)=O)CCNC2. The van der Waals surface area contributed by atoms with E-state index in [1.165, 1.54) is 0 Å². The fraction of sp³-hybridized carbons (Fsp3) is 0.556. The van der Waals surface area contributed by atoms with Crippen LogP contribution in [0.1, 0.15) is 17.2 Å². The first kappa shape index (κ1) is 9.21. The van der Waals surface area contributed by atoms with Crippen LogP contribution >= 0.6 is 0 Å². The number of nitrogens with two attached hydrogens (primary N) is 1. The highest BCUT2D eigenvalue weighted by Crippen LogP contribution is 2.15. The van der Waals surface area contributed by atoms with E-state index in [9.17, 15) is 4.79 Å². The molecule has 0 saturated carbocycles. The molecule has 1 aliphatic rings. The van der Waals surface area contributed by atoms with Gasteiger partial charge in [0.1, 0.15) is 12.4 Å². The van der Waals surface area contributed by atoms with E-state index >= 15 is 0 Å². The number of hydrogen-bond donors (Lipinski definition) is 2. The summed E-state index contributed by atoms with van der Waals surface area (Å²) in [7, 11) is 0. The number of fused-ring (bicyclic) bond motifs is 1. The molecule has 14 heavy (non-hydrogen) atoms. The molecule has 0 fully saturated rings. The third-order valence-corrected chi connectivity index (χ3v) is 2.49. The molecule has 0 aromatic carbocycles. The Hall–Kier alpha value is -1.36. The maximum absolute atomic E-state index is 10.9. The minimum absolute atomic E-state index is 0.244. The van der Waals surface area contributed by atoms with Crippen molar-refractivity contribution in [3.05, 3.63) is 17.2 Å². The quantitative estimate of drug-likeness (QED) is 0.655. The van der Waals surface area contributed by atoms with Gasteiger partial charge >= 0.3 is 0 Å². The van der Waals surface area contributed by atoms with Crippen molar-refractivity contribution >= 4 is 5.91 Å². The summed E-state index contributed by atoms with van der Waals surface area (Å²) in [6.45, 7) is 3.88. The van der Waals surface area contributed by atoms with E-state index in [0.717, 1.165) is 36.7 Å². The van der Waals surface area contributed by atoms with Crippen LogP contribution in [0.25, 0.3) is 0 Å². The van der Waals surface area contributed by atoms with E-state index < -0.39 is 0 Å². The lowest BCUT2D eigenvalue weighted by molar-refractivity contribution is -0.118. The average Bonchev–Trinajstić information content (AvgIpc) is 2.43. The zero-order valence-corrected chi connectivity index (χ0v) is 8.21. The molecule has 0 saturated heterocycles. The van der Waals surface area contributed by atoms with E-state index in [1.807, 2.05) is 11.5 Å². The molecular formula is C9H14N4O. The predicted molar refractivity (Wildman–Crippen MR) is 51.6 cm³/mol. The van der Waals surface area contributed by atoms with E-state index in [4.69, 9.17) is 5.73 Å². The monoisotopic (exact) mass is 194 g/mol. The molecule has 1 aliphatic heterocycles. The van der Waals surface area contributed by atoms with Gasteiger partial charge in [0.15, 0.2) is 0 Å². The molecule has 3 N–H and O–H groups in total. The number of carbonyl (C=O) groups is 1. The van der Waals surface area contributed by atoms with Crippen molar-refractivity contribution < 1.29 is 4.79 Å². The highest BCUT2D eigenvalue weighted by atomic mass is 16.1. The number of rotatable bonds is 2. The Morgan fingerprint density at radius 3 is 3.21 bits per heavy atom. The lowest BCUT2D eigenvalue weighted by Crippen LogP contribution is -2.27. The summed E-state index contributed by atoms with van der Waals surface area (Å²) in [4.78, 5) is 15.3. The first-order valence-corrected chi connectivity index (χ1v) is 4.72. The molecule has 0 aliphatic carbocycles. The number of imidazole rings is 1. The zero-order chi connectivity index (χ0) is 10.1. The van der Waals surface area contributed by atoms with Gasteiger partial charge in [-0.1, -0.05) is 0 Å². The fourth-order valence-electron chi connectivity index (χ4n) is 1.87. The van der Waals surface area contributed by atoms with Gasteiger partial charge in [0.2, 0.25) is 5.91 Å². The lowest BCUT2D eigenvalue weighted by Gasteiger charge is -2.14. The van der Waals surface area contributed by atoms with Gasteiger partial charge in [0.05, 0.1) is 5.69 Å². The third-order valence-electron chi connectivity index (χ3n) is 2.49. The standard InChI is InChI=1S/C9H14N4O/c1-6-12-7-4-11-3-2-8(7)13(6)5-9(10)14/h11H,2-5H2,1H3,(H2,10,14). The van der Waals surface area contributed by atoms with Crippen molar-refractivity contribution in [3.8, 4) is 0 Å². The third kappa shape index (κ3) is 1.50. The minimum Gasteiger partial charge on any atom is -0.368 e. The topological polar surface area (TPSA) is 72.9 Å². The summed E-state index contributed by atoms with van der Waals surface area (Å²) < 4.78 is 1.92. The Balaban J connectivity index is 2.37. The average molecular weight is 194 g/mol. The van der Waals surface area contributed by atoms with Crippen LogP contribution in [-0.4, -0.2) is 22.0 Å². The zero-order valence-electron chi connectivity index (χ0n) is 8.21. The van der Waals surface area contributed by atoms with E-state index in [2.05, 4.69) is 10.3 Å². The normalized spacial score (nSPS) is 15.2. The Kier molecular flexibility index (Phi) is 2.25. The number of primary amides is 1. The first-order chi connectivity index (χ1) is 6.68. The molecule has 0 radical (unpaired) electrons. The van der Waals surface area contributed by atoms with Crippen LogP contribution in [-0.2, 0) is 24.3 Å². The number of hydrogen-bond acceptors (Lipinski definition) is 3. The Labute approximate surface area is 82.3 Å². The van der Waals surface area contributed by atoms with Crippen molar-refractivity contribution in [3.63, 3.8) is 0 Å². The molecule has 1 aromatic heterocycles. The molecule has 0 spiro atoms. The molecule has 0 unspecified atom stereocenters. The molecule has 1 aromatic rings. The maximum atomic E-state index is 10.9. The minimum atomic E-state index is -0.313. The molecule has 1 amide bonds. The van der Waals surface area contributed by atoms with Crippen LogP contribution in [0.2, 0.25) is 0 Å². The molecule has 2 rings (SSSR count). The summed E-state index contributed by atoms with van der Waals surface area (Å²) in [5.41, 5.74) is 7.39. The van der Waals surface area contributed by atoms with Crippen molar-refractivity contribution in [1.29, 1.82) is 0 Å². The van der Waals surface area contributed by atoms with Crippen molar-refractivity contribution in [1.82, 2.24) is 14.9 Å². The number of aryl methyl sites for hydroxylation is 1. The summed E-state index contributed by atoms with van der Waals surface area (Å²) in [6, 6.07) is 0. The highest BCUT2D eigenvalue weighted by Gasteiger charge is 2.18. The van der Waals surface area contributed by atoms with Crippen LogP contribution in [0.5, 0.6) is 0 Å². The van der Waals surface area contributed by atoms with Crippen molar-refractivity contribution in [2.75, 3.05) is 6.54 Å². The smallest absolute Gasteiger partial charge is 0.237 e. The van der Waals surface area contributed by atoms with Crippen LogP contribution in [0.15, 0.2) is 0 Å². The van der Waals surface area contributed by atoms with Gasteiger partial charge in [0, 0.05) is 25.2 Å². The number of amides is 1. The van der Waals surface area contributed by atoms with Gasteiger partial charge < -0.3 is 15.6 Å². The van der Waals surface area contributed by atoms with Crippen LogP contribution in [0.3, 0.4) is 0 Å². The molecule has 76 valence electrons. The second-order valence-electron chi connectivity index (χ2n) is 3.53. The van der Waals surface area contributed by atoms with E-state index in [1.54, 1.807) is 0 Å². The van der Waals surface area contributed by atoms with Crippen LogP contribution in [0, 0.1) is 6.92 Å². The van der Waals surface area contributed by atoms with Gasteiger partial charge in [-0.25, -0.2) is 4.98 Å². The Morgan fingerprint density at radius 2 is 2.50 bits per heavy atom. The van der Waals surface area contributed by atoms with Crippen LogP contribution < -0.4 is 11.1 Å². The second kappa shape index (κ2) is 3.42. The van der Waals surface area contributed by atoms with Gasteiger partial charge in [-0.2, -0.15) is 0 Å². The first-order valence-electron chi connectivity index (χ1n) is 4.72. The van der Waals surface area contributed by atoms with Gasteiger partial charge in [-0.05, 0) is 6.92 Å². The van der Waals surface area contributed by atoms with Crippen molar-refractivity contribution in [2.24, 2.45) is 5.73 Å². The lowest BCUT2D eigenvalue weighted by atomic mass is 10.2. The summed E-state index contributed by atoms with van der Waals surface area (Å²) in [5.74, 6) is 0.560. The van der Waals surface area contributed by atoms with E-state index in [-0.39, 0.29) is 12.5 Å².